The molecule has 3 rings (SSSR count). The van der Waals surface area contributed by atoms with Gasteiger partial charge in [0.25, 0.3) is 5.91 Å². The number of carbonyl (C=O) groups excluding carboxylic acids is 2. The second-order valence-corrected chi connectivity index (χ2v) is 9.58. The average molecular weight is 510 g/mol. The Bertz CT molecular complexity index is 1310. The van der Waals surface area contributed by atoms with Crippen molar-refractivity contribution in [3.8, 4) is 11.5 Å². The number of hydrazone groups is 1. The number of hydrogen-bond acceptors (Lipinski definition) is 7. The molecule has 1 atom stereocenters. The van der Waals surface area contributed by atoms with Crippen molar-refractivity contribution < 1.29 is 27.5 Å². The molecule has 3 aromatic rings. The van der Waals surface area contributed by atoms with Gasteiger partial charge < -0.3 is 9.47 Å². The van der Waals surface area contributed by atoms with Gasteiger partial charge in [-0.2, -0.15) is 5.10 Å². The highest BCUT2D eigenvalue weighted by Crippen LogP contribution is 2.24. The minimum Gasteiger partial charge on any atom is -0.494 e. The molecule has 0 unspecified atom stereocenters. The minimum atomic E-state index is -3.76. The topological polar surface area (TPSA) is 114 Å². The zero-order valence-corrected chi connectivity index (χ0v) is 20.9. The second-order valence-electron chi connectivity index (χ2n) is 7.72. The molecule has 10 heteroatoms. The molecular weight excluding hydrogens is 482 g/mol. The third kappa shape index (κ3) is 7.16. The lowest BCUT2D eigenvalue weighted by Gasteiger charge is -2.27. The maximum absolute atomic E-state index is 12.7. The molecule has 0 bridgehead atoms. The lowest BCUT2D eigenvalue weighted by atomic mass is 10.2. The Hall–Kier alpha value is -4.18. The zero-order chi connectivity index (χ0) is 26.1. The van der Waals surface area contributed by atoms with Crippen molar-refractivity contribution in [1.29, 1.82) is 0 Å². The first kappa shape index (κ1) is 26.4. The SMILES string of the molecule is CCOc1ccc(N([C@@H](C)C(=O)N/N=C\c2ccc(OC(=O)c3ccccc3)cc2)S(C)(=O)=O)cc1. The van der Waals surface area contributed by atoms with E-state index in [1.165, 1.54) is 13.1 Å². The summed E-state index contributed by atoms with van der Waals surface area (Å²) in [5.41, 5.74) is 3.77. The summed E-state index contributed by atoms with van der Waals surface area (Å²) >= 11 is 0. The summed E-state index contributed by atoms with van der Waals surface area (Å²) in [6.07, 6.45) is 2.43. The molecule has 0 aliphatic carbocycles. The highest BCUT2D eigenvalue weighted by molar-refractivity contribution is 7.92. The maximum atomic E-state index is 12.7. The lowest BCUT2D eigenvalue weighted by Crippen LogP contribution is -2.46. The van der Waals surface area contributed by atoms with Crippen LogP contribution < -0.4 is 19.2 Å². The Balaban J connectivity index is 1.62. The predicted molar refractivity (Wildman–Crippen MR) is 138 cm³/mol. The van der Waals surface area contributed by atoms with Crippen LogP contribution in [0.5, 0.6) is 11.5 Å². The number of nitrogens with one attached hydrogen (secondary N) is 1. The van der Waals surface area contributed by atoms with E-state index < -0.39 is 27.9 Å². The number of rotatable bonds is 10. The summed E-state index contributed by atoms with van der Waals surface area (Å²) in [5.74, 6) is -0.129. The molecule has 0 heterocycles. The van der Waals surface area contributed by atoms with Crippen molar-refractivity contribution >= 4 is 33.8 Å². The standard InChI is InChI=1S/C26H27N3O6S/c1-4-34-23-16-12-22(13-17-23)29(36(3,32)33)19(2)25(30)28-27-18-20-10-14-24(15-11-20)35-26(31)21-8-6-5-7-9-21/h5-19H,4H2,1-3H3,(H,28,30)/b27-18-/t19-/m0/s1. The second kappa shape index (κ2) is 12.0. The highest BCUT2D eigenvalue weighted by atomic mass is 32.2. The smallest absolute Gasteiger partial charge is 0.343 e. The number of hydrogen-bond donors (Lipinski definition) is 1. The average Bonchev–Trinajstić information content (AvgIpc) is 2.86. The first-order valence-corrected chi connectivity index (χ1v) is 13.0. The van der Waals surface area contributed by atoms with E-state index >= 15 is 0 Å². The Morgan fingerprint density at radius 2 is 1.58 bits per heavy atom. The predicted octanol–water partition coefficient (Wildman–Crippen LogP) is 3.61. The van der Waals surface area contributed by atoms with Gasteiger partial charge in [0.1, 0.15) is 17.5 Å². The van der Waals surface area contributed by atoms with Gasteiger partial charge in [-0.1, -0.05) is 18.2 Å². The summed E-state index contributed by atoms with van der Waals surface area (Å²) in [7, 11) is -3.76. The molecular formula is C26H27N3O6S. The number of benzene rings is 3. The van der Waals surface area contributed by atoms with Crippen LogP contribution in [0.4, 0.5) is 5.69 Å². The summed E-state index contributed by atoms with van der Waals surface area (Å²) in [6.45, 7) is 3.80. The summed E-state index contributed by atoms with van der Waals surface area (Å²) in [5, 5.41) is 3.92. The van der Waals surface area contributed by atoms with E-state index in [1.54, 1.807) is 72.8 Å². The number of nitrogens with zero attached hydrogens (tertiary/aromatic N) is 2. The molecule has 0 aliphatic heterocycles. The van der Waals surface area contributed by atoms with Crippen molar-refractivity contribution in [2.75, 3.05) is 17.2 Å². The van der Waals surface area contributed by atoms with Gasteiger partial charge in [0.15, 0.2) is 0 Å². The van der Waals surface area contributed by atoms with Crippen molar-refractivity contribution in [1.82, 2.24) is 5.43 Å². The van der Waals surface area contributed by atoms with Gasteiger partial charge in [0.2, 0.25) is 10.0 Å². The molecule has 0 aliphatic rings. The van der Waals surface area contributed by atoms with Crippen LogP contribution >= 0.6 is 0 Å². The molecule has 1 amide bonds. The third-order valence-electron chi connectivity index (χ3n) is 4.98. The van der Waals surface area contributed by atoms with E-state index in [0.717, 1.165) is 10.6 Å². The monoisotopic (exact) mass is 509 g/mol. The van der Waals surface area contributed by atoms with Crippen molar-refractivity contribution in [2.24, 2.45) is 5.10 Å². The van der Waals surface area contributed by atoms with Gasteiger partial charge in [0, 0.05) is 0 Å². The lowest BCUT2D eigenvalue weighted by molar-refractivity contribution is -0.121. The largest absolute Gasteiger partial charge is 0.494 e. The third-order valence-corrected chi connectivity index (χ3v) is 6.22. The number of esters is 1. The van der Waals surface area contributed by atoms with E-state index in [4.69, 9.17) is 9.47 Å². The van der Waals surface area contributed by atoms with Crippen LogP contribution in [-0.4, -0.2) is 45.4 Å². The summed E-state index contributed by atoms with van der Waals surface area (Å²) in [4.78, 5) is 24.8. The van der Waals surface area contributed by atoms with E-state index in [2.05, 4.69) is 10.5 Å². The minimum absolute atomic E-state index is 0.327. The highest BCUT2D eigenvalue weighted by Gasteiger charge is 2.29. The van der Waals surface area contributed by atoms with Gasteiger partial charge in [-0.15, -0.1) is 0 Å². The molecule has 0 aromatic heterocycles. The molecule has 1 N–H and O–H groups in total. The summed E-state index contributed by atoms with van der Waals surface area (Å²) < 4.78 is 36.6. The van der Waals surface area contributed by atoms with Crippen molar-refractivity contribution in [3.05, 3.63) is 90.0 Å². The Morgan fingerprint density at radius 1 is 0.972 bits per heavy atom. The Labute approximate surface area is 210 Å². The fraction of sp³-hybridized carbons (Fsp3) is 0.192. The molecule has 188 valence electrons. The van der Waals surface area contributed by atoms with Gasteiger partial charge in [-0.05, 0) is 80.1 Å². The fourth-order valence-corrected chi connectivity index (χ4v) is 4.47. The van der Waals surface area contributed by atoms with Crippen molar-refractivity contribution in [3.63, 3.8) is 0 Å². The molecule has 0 saturated carbocycles. The van der Waals surface area contributed by atoms with Gasteiger partial charge >= 0.3 is 5.97 Å². The Morgan fingerprint density at radius 3 is 2.17 bits per heavy atom. The molecule has 9 nitrogen and oxygen atoms in total. The van der Waals surface area contributed by atoms with Gasteiger partial charge in [-0.25, -0.2) is 18.6 Å². The van der Waals surface area contributed by atoms with E-state index in [9.17, 15) is 18.0 Å². The number of sulfonamides is 1. The first-order chi connectivity index (χ1) is 17.2. The zero-order valence-electron chi connectivity index (χ0n) is 20.1. The first-order valence-electron chi connectivity index (χ1n) is 11.1. The molecule has 0 saturated heterocycles. The van der Waals surface area contributed by atoms with Gasteiger partial charge in [0.05, 0.1) is 30.3 Å². The molecule has 0 fully saturated rings. The van der Waals surface area contributed by atoms with Crippen LogP contribution in [0.1, 0.15) is 29.8 Å². The van der Waals surface area contributed by atoms with Crippen LogP contribution in [0, 0.1) is 0 Å². The van der Waals surface area contributed by atoms with Crippen LogP contribution in [0.3, 0.4) is 0 Å². The van der Waals surface area contributed by atoms with Crippen LogP contribution in [0.25, 0.3) is 0 Å². The molecule has 3 aromatic carbocycles. The van der Waals surface area contributed by atoms with Crippen molar-refractivity contribution in [2.45, 2.75) is 19.9 Å². The quantitative estimate of drug-likeness (QED) is 0.193. The fourth-order valence-electron chi connectivity index (χ4n) is 3.29. The normalized spacial score (nSPS) is 12.1. The van der Waals surface area contributed by atoms with Gasteiger partial charge in [-0.3, -0.25) is 9.10 Å². The van der Waals surface area contributed by atoms with E-state index in [-0.39, 0.29) is 0 Å². The number of carbonyl (C=O) groups is 2. The molecule has 0 radical (unpaired) electrons. The van der Waals surface area contributed by atoms with Crippen LogP contribution in [0.15, 0.2) is 84.0 Å². The number of ether oxygens (including phenoxy) is 2. The van der Waals surface area contributed by atoms with E-state index in [1.807, 2.05) is 13.0 Å². The molecule has 0 spiro atoms. The number of amides is 1. The summed E-state index contributed by atoms with van der Waals surface area (Å²) in [6, 6.07) is 20.5. The Kier molecular flexibility index (Phi) is 8.80. The van der Waals surface area contributed by atoms with E-state index in [0.29, 0.717) is 34.9 Å². The maximum Gasteiger partial charge on any atom is 0.343 e. The molecule has 36 heavy (non-hydrogen) atoms. The number of anilines is 1. The van der Waals surface area contributed by atoms with Crippen LogP contribution in [-0.2, 0) is 14.8 Å². The van der Waals surface area contributed by atoms with Crippen LogP contribution in [0.2, 0.25) is 0 Å².